The zero-order valence-electron chi connectivity index (χ0n) is 16.2. The van der Waals surface area contributed by atoms with E-state index in [0.29, 0.717) is 25.7 Å². The molecule has 5 heteroatoms. The van der Waals surface area contributed by atoms with E-state index in [0.717, 1.165) is 12.8 Å². The summed E-state index contributed by atoms with van der Waals surface area (Å²) in [6.07, 6.45) is 2.02. The van der Waals surface area contributed by atoms with Crippen LogP contribution in [0.25, 0.3) is 0 Å². The normalized spacial score (nSPS) is 26.7. The molecular formula is C21H31IO4. The molecule has 0 radical (unpaired) electrons. The lowest BCUT2D eigenvalue weighted by molar-refractivity contribution is -0.161. The monoisotopic (exact) mass is 474 g/mol. The minimum atomic E-state index is -0.670. The maximum atomic E-state index is 12.4. The SMILES string of the molecule is CCOC(=O)C(C)(I)C1OC([C@H](C)COCc2ccccc2)CCC1C. The molecule has 4 nitrogen and oxygen atoms in total. The molecule has 26 heavy (non-hydrogen) atoms. The van der Waals surface area contributed by atoms with Crippen LogP contribution < -0.4 is 0 Å². The van der Waals surface area contributed by atoms with E-state index < -0.39 is 3.42 Å². The Hall–Kier alpha value is -0.660. The fraction of sp³-hybridized carbons (Fsp3) is 0.667. The lowest BCUT2D eigenvalue weighted by atomic mass is 9.84. The van der Waals surface area contributed by atoms with Gasteiger partial charge in [0.25, 0.3) is 0 Å². The van der Waals surface area contributed by atoms with Crippen molar-refractivity contribution in [1.29, 1.82) is 0 Å². The van der Waals surface area contributed by atoms with Crippen LogP contribution in [-0.2, 0) is 25.6 Å². The average Bonchev–Trinajstić information content (AvgIpc) is 2.63. The van der Waals surface area contributed by atoms with Crippen LogP contribution in [0.1, 0.15) is 46.1 Å². The van der Waals surface area contributed by atoms with Crippen molar-refractivity contribution < 1.29 is 19.0 Å². The number of hydrogen-bond acceptors (Lipinski definition) is 4. The average molecular weight is 474 g/mol. The van der Waals surface area contributed by atoms with E-state index in [1.54, 1.807) is 0 Å². The summed E-state index contributed by atoms with van der Waals surface area (Å²) in [5, 5.41) is 0. The van der Waals surface area contributed by atoms with E-state index >= 15 is 0 Å². The number of rotatable bonds is 8. The summed E-state index contributed by atoms with van der Waals surface area (Å²) in [6, 6.07) is 10.2. The first-order valence-electron chi connectivity index (χ1n) is 9.49. The van der Waals surface area contributed by atoms with Gasteiger partial charge in [0.2, 0.25) is 0 Å². The van der Waals surface area contributed by atoms with Crippen LogP contribution in [0.4, 0.5) is 0 Å². The third kappa shape index (κ3) is 5.67. The van der Waals surface area contributed by atoms with Crippen molar-refractivity contribution in [3.63, 3.8) is 0 Å². The van der Waals surface area contributed by atoms with Crippen molar-refractivity contribution in [1.82, 2.24) is 0 Å². The molecule has 1 aliphatic rings. The number of carbonyl (C=O) groups excluding carboxylic acids is 1. The number of benzene rings is 1. The van der Waals surface area contributed by atoms with Gasteiger partial charge in [0, 0.05) is 5.92 Å². The second-order valence-corrected chi connectivity index (χ2v) is 9.66. The molecule has 146 valence electrons. The van der Waals surface area contributed by atoms with Gasteiger partial charge < -0.3 is 14.2 Å². The molecule has 0 aliphatic carbocycles. The summed E-state index contributed by atoms with van der Waals surface area (Å²) < 4.78 is 16.9. The summed E-state index contributed by atoms with van der Waals surface area (Å²) in [7, 11) is 0. The minimum Gasteiger partial charge on any atom is -0.465 e. The molecule has 0 aromatic heterocycles. The van der Waals surface area contributed by atoms with Gasteiger partial charge >= 0.3 is 5.97 Å². The Balaban J connectivity index is 1.90. The van der Waals surface area contributed by atoms with Crippen LogP contribution >= 0.6 is 22.6 Å². The lowest BCUT2D eigenvalue weighted by Gasteiger charge is -2.43. The molecule has 5 atom stereocenters. The molecule has 0 N–H and O–H groups in total. The van der Waals surface area contributed by atoms with Crippen molar-refractivity contribution in [3.8, 4) is 0 Å². The van der Waals surface area contributed by atoms with E-state index in [2.05, 4.69) is 48.6 Å². The standard InChI is InChI=1S/C21H31IO4/c1-5-25-20(23)21(4,22)19-15(2)11-12-18(26-19)16(3)13-24-14-17-9-7-6-8-10-17/h6-10,15-16,18-19H,5,11-14H2,1-4H3/t15?,16-,18?,19?,21?/m1/s1. The van der Waals surface area contributed by atoms with Gasteiger partial charge in [0.15, 0.2) is 0 Å². The summed E-state index contributed by atoms with van der Waals surface area (Å²) >= 11 is 2.20. The molecule has 0 bridgehead atoms. The highest BCUT2D eigenvalue weighted by atomic mass is 127. The highest BCUT2D eigenvalue weighted by molar-refractivity contribution is 14.1. The topological polar surface area (TPSA) is 44.8 Å². The van der Waals surface area contributed by atoms with Gasteiger partial charge in [0.05, 0.1) is 32.0 Å². The van der Waals surface area contributed by atoms with E-state index in [-0.39, 0.29) is 24.1 Å². The molecule has 1 saturated heterocycles. The number of ether oxygens (including phenoxy) is 3. The van der Waals surface area contributed by atoms with Gasteiger partial charge in [-0.05, 0) is 38.2 Å². The molecule has 2 rings (SSSR count). The number of esters is 1. The Morgan fingerprint density at radius 1 is 1.35 bits per heavy atom. The Morgan fingerprint density at radius 3 is 2.69 bits per heavy atom. The quantitative estimate of drug-likeness (QED) is 0.309. The molecule has 0 amide bonds. The Morgan fingerprint density at radius 2 is 2.04 bits per heavy atom. The summed E-state index contributed by atoms with van der Waals surface area (Å²) in [5.74, 6) is 0.421. The first-order chi connectivity index (χ1) is 12.4. The fourth-order valence-electron chi connectivity index (χ4n) is 3.48. The number of hydrogen-bond donors (Lipinski definition) is 0. The summed E-state index contributed by atoms with van der Waals surface area (Å²) in [5.41, 5.74) is 1.18. The van der Waals surface area contributed by atoms with Crippen LogP contribution in [-0.4, -0.2) is 34.8 Å². The molecular weight excluding hydrogens is 443 g/mol. The second kappa shape index (κ2) is 10.0. The highest BCUT2D eigenvalue weighted by Gasteiger charge is 2.47. The van der Waals surface area contributed by atoms with Crippen LogP contribution in [0.5, 0.6) is 0 Å². The van der Waals surface area contributed by atoms with Crippen LogP contribution in [0.2, 0.25) is 0 Å². The minimum absolute atomic E-state index is 0.107. The van der Waals surface area contributed by atoms with Crippen LogP contribution in [0.15, 0.2) is 30.3 Å². The van der Waals surface area contributed by atoms with Gasteiger partial charge in [-0.2, -0.15) is 0 Å². The van der Waals surface area contributed by atoms with Crippen molar-refractivity contribution >= 4 is 28.6 Å². The molecule has 1 heterocycles. The Labute approximate surface area is 171 Å². The molecule has 1 aromatic rings. The van der Waals surface area contributed by atoms with E-state index in [4.69, 9.17) is 14.2 Å². The number of alkyl halides is 1. The number of carbonyl (C=O) groups is 1. The predicted molar refractivity (Wildman–Crippen MR) is 111 cm³/mol. The van der Waals surface area contributed by atoms with Crippen molar-refractivity contribution in [3.05, 3.63) is 35.9 Å². The van der Waals surface area contributed by atoms with Crippen molar-refractivity contribution in [2.75, 3.05) is 13.2 Å². The largest absolute Gasteiger partial charge is 0.465 e. The first kappa shape index (κ1) is 21.6. The molecule has 1 aliphatic heterocycles. The lowest BCUT2D eigenvalue weighted by Crippen LogP contribution is -2.52. The van der Waals surface area contributed by atoms with E-state index in [1.165, 1.54) is 5.56 Å². The Kier molecular flexibility index (Phi) is 8.36. The molecule has 0 spiro atoms. The van der Waals surface area contributed by atoms with Gasteiger partial charge in [-0.3, -0.25) is 4.79 Å². The van der Waals surface area contributed by atoms with Gasteiger partial charge in [-0.25, -0.2) is 0 Å². The summed E-state index contributed by atoms with van der Waals surface area (Å²) in [4.78, 5) is 12.4. The summed E-state index contributed by atoms with van der Waals surface area (Å²) in [6.45, 7) is 9.75. The Bertz CT molecular complexity index is 560. The van der Waals surface area contributed by atoms with E-state index in [9.17, 15) is 4.79 Å². The maximum Gasteiger partial charge on any atom is 0.324 e. The van der Waals surface area contributed by atoms with Crippen molar-refractivity contribution in [2.45, 2.75) is 62.8 Å². The van der Waals surface area contributed by atoms with Crippen molar-refractivity contribution in [2.24, 2.45) is 11.8 Å². The molecule has 4 unspecified atom stereocenters. The van der Waals surface area contributed by atoms with Crippen LogP contribution in [0.3, 0.4) is 0 Å². The van der Waals surface area contributed by atoms with Gasteiger partial charge in [-0.1, -0.05) is 66.8 Å². The van der Waals surface area contributed by atoms with Crippen LogP contribution in [0, 0.1) is 11.8 Å². The maximum absolute atomic E-state index is 12.4. The zero-order chi connectivity index (χ0) is 19.2. The zero-order valence-corrected chi connectivity index (χ0v) is 18.4. The third-order valence-electron chi connectivity index (χ3n) is 5.08. The molecule has 0 saturated carbocycles. The predicted octanol–water partition coefficient (Wildman–Crippen LogP) is 4.78. The van der Waals surface area contributed by atoms with E-state index in [1.807, 2.05) is 32.0 Å². The third-order valence-corrected chi connectivity index (χ3v) is 6.13. The first-order valence-corrected chi connectivity index (χ1v) is 10.6. The highest BCUT2D eigenvalue weighted by Crippen LogP contribution is 2.39. The smallest absolute Gasteiger partial charge is 0.324 e. The van der Waals surface area contributed by atoms with Gasteiger partial charge in [0.1, 0.15) is 3.42 Å². The molecule has 1 aromatic carbocycles. The fourth-order valence-corrected chi connectivity index (χ4v) is 4.40. The number of halogens is 1. The second-order valence-electron chi connectivity index (χ2n) is 7.42. The van der Waals surface area contributed by atoms with Gasteiger partial charge in [-0.15, -0.1) is 0 Å². The molecule has 1 fully saturated rings.